The van der Waals surface area contributed by atoms with Crippen LogP contribution in [0.1, 0.15) is 26.2 Å². The van der Waals surface area contributed by atoms with E-state index in [2.05, 4.69) is 12.0 Å². The van der Waals surface area contributed by atoms with E-state index in [1.54, 1.807) is 10.7 Å². The summed E-state index contributed by atoms with van der Waals surface area (Å²) in [6.45, 7) is 3.24. The van der Waals surface area contributed by atoms with Crippen molar-refractivity contribution in [2.45, 2.75) is 38.8 Å². The smallest absolute Gasteiger partial charge is 0.224 e. The number of carbonyl (C=O) groups is 1. The number of aliphatic hydroxyl groups is 1. The number of fused-ring (bicyclic) bond motifs is 1. The van der Waals surface area contributed by atoms with Crippen LogP contribution in [0.5, 0.6) is 0 Å². The summed E-state index contributed by atoms with van der Waals surface area (Å²) in [6.07, 6.45) is 3.53. The van der Waals surface area contributed by atoms with Gasteiger partial charge in [-0.1, -0.05) is 12.1 Å². The van der Waals surface area contributed by atoms with E-state index in [9.17, 15) is 14.7 Å². The summed E-state index contributed by atoms with van der Waals surface area (Å²) >= 11 is 0. The van der Waals surface area contributed by atoms with E-state index >= 15 is 0 Å². The highest BCUT2D eigenvalue weighted by Crippen LogP contribution is 2.22. The highest BCUT2D eigenvalue weighted by molar-refractivity contribution is 5.79. The number of rotatable bonds is 4. The number of hydrogen-bond acceptors (Lipinski definition) is 4. The van der Waals surface area contributed by atoms with E-state index in [1.165, 1.54) is 6.20 Å². The third-order valence-corrected chi connectivity index (χ3v) is 4.86. The van der Waals surface area contributed by atoms with Crippen molar-refractivity contribution < 1.29 is 9.90 Å². The molecule has 2 aromatic rings. The Kier molecular flexibility index (Phi) is 4.94. The van der Waals surface area contributed by atoms with Gasteiger partial charge in [-0.15, -0.1) is 0 Å². The van der Waals surface area contributed by atoms with Gasteiger partial charge in [0.2, 0.25) is 11.3 Å². The van der Waals surface area contributed by atoms with Crippen LogP contribution < -0.4 is 5.43 Å². The van der Waals surface area contributed by atoms with Crippen molar-refractivity contribution in [3.05, 3.63) is 40.7 Å². The summed E-state index contributed by atoms with van der Waals surface area (Å²) < 4.78 is 1.72. The van der Waals surface area contributed by atoms with Gasteiger partial charge in [0.1, 0.15) is 0 Å². The Bertz CT molecular complexity index is 786. The largest absolute Gasteiger partial charge is 0.396 e. The SMILES string of the molecule is CC1CCC(CO)CN1C(=O)CCn1ncc(=O)c2ccccc21. The molecule has 0 radical (unpaired) electrons. The molecule has 0 bridgehead atoms. The van der Waals surface area contributed by atoms with Crippen molar-refractivity contribution in [2.24, 2.45) is 5.92 Å². The normalized spacial score (nSPS) is 21.2. The Morgan fingerprint density at radius 2 is 2.12 bits per heavy atom. The minimum atomic E-state index is -0.108. The zero-order chi connectivity index (χ0) is 17.1. The molecule has 1 saturated heterocycles. The fourth-order valence-corrected chi connectivity index (χ4v) is 3.36. The molecular formula is C18H23N3O3. The van der Waals surface area contributed by atoms with E-state index in [0.717, 1.165) is 18.4 Å². The molecule has 2 heterocycles. The van der Waals surface area contributed by atoms with Crippen molar-refractivity contribution in [3.8, 4) is 0 Å². The molecule has 128 valence electrons. The second-order valence-corrected chi connectivity index (χ2v) is 6.52. The van der Waals surface area contributed by atoms with Crippen molar-refractivity contribution in [1.82, 2.24) is 14.7 Å². The van der Waals surface area contributed by atoms with E-state index in [0.29, 0.717) is 24.9 Å². The lowest BCUT2D eigenvalue weighted by atomic mass is 9.94. The lowest BCUT2D eigenvalue weighted by molar-refractivity contribution is -0.136. The second kappa shape index (κ2) is 7.13. The molecule has 0 aliphatic carbocycles. The molecule has 3 rings (SSSR count). The summed E-state index contributed by atoms with van der Waals surface area (Å²) in [4.78, 5) is 26.3. The van der Waals surface area contributed by atoms with Crippen LogP contribution in [0.15, 0.2) is 35.3 Å². The molecule has 0 spiro atoms. The Morgan fingerprint density at radius 3 is 2.92 bits per heavy atom. The molecule has 1 aliphatic rings. The monoisotopic (exact) mass is 329 g/mol. The first-order valence-electron chi connectivity index (χ1n) is 8.45. The summed E-state index contributed by atoms with van der Waals surface area (Å²) in [5.74, 6) is 0.252. The first kappa shape index (κ1) is 16.6. The molecule has 2 atom stereocenters. The maximum absolute atomic E-state index is 12.6. The molecule has 1 N–H and O–H groups in total. The lowest BCUT2D eigenvalue weighted by Gasteiger charge is -2.37. The van der Waals surface area contributed by atoms with Crippen LogP contribution in [0.2, 0.25) is 0 Å². The van der Waals surface area contributed by atoms with Gasteiger partial charge in [0.15, 0.2) is 0 Å². The maximum atomic E-state index is 12.6. The van der Waals surface area contributed by atoms with Gasteiger partial charge >= 0.3 is 0 Å². The third-order valence-electron chi connectivity index (χ3n) is 4.86. The van der Waals surface area contributed by atoms with Crippen LogP contribution in [0.3, 0.4) is 0 Å². The summed E-state index contributed by atoms with van der Waals surface area (Å²) in [7, 11) is 0. The zero-order valence-electron chi connectivity index (χ0n) is 13.9. The average Bonchev–Trinajstić information content (AvgIpc) is 2.61. The molecule has 1 aromatic carbocycles. The van der Waals surface area contributed by atoms with Crippen LogP contribution in [0.4, 0.5) is 0 Å². The van der Waals surface area contributed by atoms with Crippen LogP contribution in [-0.4, -0.2) is 44.9 Å². The second-order valence-electron chi connectivity index (χ2n) is 6.52. The number of carbonyl (C=O) groups excluding carboxylic acids is 1. The Labute approximate surface area is 140 Å². The van der Waals surface area contributed by atoms with Gasteiger partial charge < -0.3 is 10.0 Å². The lowest BCUT2D eigenvalue weighted by Crippen LogP contribution is -2.46. The number of benzene rings is 1. The topological polar surface area (TPSA) is 75.4 Å². The highest BCUT2D eigenvalue weighted by atomic mass is 16.3. The van der Waals surface area contributed by atoms with Gasteiger partial charge in [-0.3, -0.25) is 14.3 Å². The summed E-state index contributed by atoms with van der Waals surface area (Å²) in [5, 5.41) is 14.1. The Hall–Kier alpha value is -2.21. The minimum absolute atomic E-state index is 0.0743. The Morgan fingerprint density at radius 1 is 1.33 bits per heavy atom. The quantitative estimate of drug-likeness (QED) is 0.920. The zero-order valence-corrected chi connectivity index (χ0v) is 13.9. The summed E-state index contributed by atoms with van der Waals surface area (Å²) in [6, 6.07) is 7.51. The molecule has 0 saturated carbocycles. The highest BCUT2D eigenvalue weighted by Gasteiger charge is 2.28. The standard InChI is InChI=1S/C18H23N3O3/c1-13-6-7-14(12-22)11-20(13)18(24)8-9-21-16-5-3-2-4-15(16)17(23)10-19-21/h2-5,10,13-14,22H,6-9,11-12H2,1H3. The number of aromatic nitrogens is 2. The predicted molar refractivity (Wildman–Crippen MR) is 91.6 cm³/mol. The molecule has 1 amide bonds. The van der Waals surface area contributed by atoms with Crippen LogP contribution in [0, 0.1) is 5.92 Å². The van der Waals surface area contributed by atoms with E-state index < -0.39 is 0 Å². The number of piperidine rings is 1. The fourth-order valence-electron chi connectivity index (χ4n) is 3.36. The Balaban J connectivity index is 1.73. The van der Waals surface area contributed by atoms with Crippen LogP contribution >= 0.6 is 0 Å². The van der Waals surface area contributed by atoms with Crippen molar-refractivity contribution in [2.75, 3.05) is 13.2 Å². The number of amides is 1. The first-order valence-corrected chi connectivity index (χ1v) is 8.45. The first-order chi connectivity index (χ1) is 11.6. The van der Waals surface area contributed by atoms with Crippen LogP contribution in [-0.2, 0) is 11.3 Å². The van der Waals surface area contributed by atoms with Gasteiger partial charge in [-0.2, -0.15) is 5.10 Å². The number of para-hydroxylation sites is 1. The predicted octanol–water partition coefficient (Wildman–Crippen LogP) is 1.41. The molecular weight excluding hydrogens is 306 g/mol. The molecule has 24 heavy (non-hydrogen) atoms. The minimum Gasteiger partial charge on any atom is -0.396 e. The number of aliphatic hydroxyl groups excluding tert-OH is 1. The molecule has 1 fully saturated rings. The number of hydrogen-bond donors (Lipinski definition) is 1. The average molecular weight is 329 g/mol. The fraction of sp³-hybridized carbons (Fsp3) is 0.500. The van der Waals surface area contributed by atoms with Crippen LogP contribution in [0.25, 0.3) is 10.9 Å². The number of likely N-dealkylation sites (tertiary alicyclic amines) is 1. The van der Waals surface area contributed by atoms with E-state index in [1.807, 2.05) is 23.1 Å². The van der Waals surface area contributed by atoms with E-state index in [4.69, 9.17) is 0 Å². The van der Waals surface area contributed by atoms with Gasteiger partial charge in [0.05, 0.1) is 18.3 Å². The molecule has 6 heteroatoms. The van der Waals surface area contributed by atoms with Crippen molar-refractivity contribution >= 4 is 16.8 Å². The van der Waals surface area contributed by atoms with Crippen molar-refractivity contribution in [1.29, 1.82) is 0 Å². The van der Waals surface area contributed by atoms with E-state index in [-0.39, 0.29) is 29.9 Å². The third kappa shape index (κ3) is 3.33. The van der Waals surface area contributed by atoms with Gasteiger partial charge in [0, 0.05) is 31.0 Å². The maximum Gasteiger partial charge on any atom is 0.224 e. The molecule has 2 unspecified atom stereocenters. The molecule has 1 aromatic heterocycles. The molecule has 6 nitrogen and oxygen atoms in total. The van der Waals surface area contributed by atoms with Gasteiger partial charge in [-0.25, -0.2) is 0 Å². The number of aryl methyl sites for hydroxylation is 1. The van der Waals surface area contributed by atoms with Gasteiger partial charge in [0.25, 0.3) is 0 Å². The van der Waals surface area contributed by atoms with Crippen molar-refractivity contribution in [3.63, 3.8) is 0 Å². The van der Waals surface area contributed by atoms with Gasteiger partial charge in [-0.05, 0) is 37.8 Å². The number of nitrogens with zero attached hydrogens (tertiary/aromatic N) is 3. The summed E-state index contributed by atoms with van der Waals surface area (Å²) in [5.41, 5.74) is 0.640. The molecule has 1 aliphatic heterocycles.